The Morgan fingerprint density at radius 3 is 2.37 bits per heavy atom. The minimum absolute atomic E-state index is 0.203. The summed E-state index contributed by atoms with van der Waals surface area (Å²) in [5.41, 5.74) is 0. The number of carbonyl (C=O) groups is 2. The van der Waals surface area contributed by atoms with Gasteiger partial charge in [-0.1, -0.05) is 12.8 Å². The zero-order valence-electron chi connectivity index (χ0n) is 10.9. The van der Waals surface area contributed by atoms with Gasteiger partial charge in [0.05, 0.1) is 0 Å². The van der Waals surface area contributed by atoms with Crippen LogP contribution >= 0.6 is 0 Å². The highest BCUT2D eigenvalue weighted by molar-refractivity contribution is 7.85. The standard InChI is InChI=1S/C12H20N2O4S/c15-11(16)10-4-2-1-3-5-14(10)12(17)13-6-8-19(18)9-7-13/h10H,1-9H2,(H,15,16). The van der Waals surface area contributed by atoms with E-state index in [0.717, 1.165) is 19.3 Å². The Labute approximate surface area is 115 Å². The fourth-order valence-corrected chi connectivity index (χ4v) is 3.66. The number of hydrogen-bond acceptors (Lipinski definition) is 3. The predicted octanol–water partition coefficient (Wildman–Crippen LogP) is 0.500. The van der Waals surface area contributed by atoms with E-state index in [1.807, 2.05) is 0 Å². The zero-order valence-corrected chi connectivity index (χ0v) is 11.7. The number of likely N-dealkylation sites (tertiary alicyclic amines) is 1. The van der Waals surface area contributed by atoms with Crippen molar-refractivity contribution >= 4 is 22.8 Å². The van der Waals surface area contributed by atoms with Gasteiger partial charge in [0.2, 0.25) is 0 Å². The number of amides is 2. The Morgan fingerprint density at radius 2 is 1.74 bits per heavy atom. The first-order valence-electron chi connectivity index (χ1n) is 6.73. The van der Waals surface area contributed by atoms with Crippen molar-refractivity contribution in [2.45, 2.75) is 31.7 Å². The average molecular weight is 288 g/mol. The summed E-state index contributed by atoms with van der Waals surface area (Å²) >= 11 is 0. The lowest BCUT2D eigenvalue weighted by molar-refractivity contribution is -0.142. The molecule has 0 saturated carbocycles. The van der Waals surface area contributed by atoms with Crippen LogP contribution in [0, 0.1) is 0 Å². The van der Waals surface area contributed by atoms with Crippen LogP contribution in [-0.4, -0.2) is 68.3 Å². The molecule has 2 aliphatic heterocycles. The van der Waals surface area contributed by atoms with Gasteiger partial charge >= 0.3 is 12.0 Å². The highest BCUT2D eigenvalue weighted by Crippen LogP contribution is 2.19. The molecule has 2 aliphatic rings. The van der Waals surface area contributed by atoms with Crippen molar-refractivity contribution in [3.8, 4) is 0 Å². The topological polar surface area (TPSA) is 77.9 Å². The van der Waals surface area contributed by atoms with E-state index in [0.29, 0.717) is 37.6 Å². The number of carboxylic acids is 1. The van der Waals surface area contributed by atoms with Crippen molar-refractivity contribution in [2.75, 3.05) is 31.1 Å². The first kappa shape index (κ1) is 14.3. The van der Waals surface area contributed by atoms with E-state index in [1.54, 1.807) is 4.90 Å². The van der Waals surface area contributed by atoms with E-state index >= 15 is 0 Å². The molecule has 1 N–H and O–H groups in total. The number of carboxylic acid groups (broad SMARTS) is 1. The first-order chi connectivity index (χ1) is 9.09. The van der Waals surface area contributed by atoms with Crippen LogP contribution in [0.15, 0.2) is 0 Å². The van der Waals surface area contributed by atoms with Crippen LogP contribution in [0.5, 0.6) is 0 Å². The Balaban J connectivity index is 2.05. The summed E-state index contributed by atoms with van der Waals surface area (Å²) in [4.78, 5) is 26.8. The van der Waals surface area contributed by atoms with Crippen LogP contribution < -0.4 is 0 Å². The highest BCUT2D eigenvalue weighted by Gasteiger charge is 2.34. The van der Waals surface area contributed by atoms with E-state index in [4.69, 9.17) is 0 Å². The van der Waals surface area contributed by atoms with Crippen LogP contribution in [0.4, 0.5) is 4.79 Å². The summed E-state index contributed by atoms with van der Waals surface area (Å²) in [7, 11) is -0.832. The van der Waals surface area contributed by atoms with E-state index < -0.39 is 22.8 Å². The lowest BCUT2D eigenvalue weighted by Crippen LogP contribution is -2.53. The second-order valence-corrected chi connectivity index (χ2v) is 6.71. The van der Waals surface area contributed by atoms with Crippen molar-refractivity contribution < 1.29 is 18.9 Å². The number of nitrogens with zero attached hydrogens (tertiary/aromatic N) is 2. The molecule has 0 aromatic heterocycles. The third-order valence-electron chi connectivity index (χ3n) is 3.73. The monoisotopic (exact) mass is 288 g/mol. The molecule has 108 valence electrons. The van der Waals surface area contributed by atoms with Gasteiger partial charge in [0.25, 0.3) is 0 Å². The van der Waals surface area contributed by atoms with E-state index in [2.05, 4.69) is 0 Å². The van der Waals surface area contributed by atoms with Crippen molar-refractivity contribution in [3.63, 3.8) is 0 Å². The largest absolute Gasteiger partial charge is 0.480 e. The highest BCUT2D eigenvalue weighted by atomic mass is 32.2. The summed E-state index contributed by atoms with van der Waals surface area (Å²) in [6, 6.07) is -0.909. The van der Waals surface area contributed by atoms with Gasteiger partial charge in [0.15, 0.2) is 0 Å². The van der Waals surface area contributed by atoms with Gasteiger partial charge in [-0.25, -0.2) is 9.59 Å². The molecule has 2 heterocycles. The molecule has 2 rings (SSSR count). The van der Waals surface area contributed by atoms with Crippen molar-refractivity contribution in [2.24, 2.45) is 0 Å². The van der Waals surface area contributed by atoms with Gasteiger partial charge in [0, 0.05) is 41.9 Å². The molecule has 6 nitrogen and oxygen atoms in total. The van der Waals surface area contributed by atoms with E-state index in [9.17, 15) is 18.9 Å². The fraction of sp³-hybridized carbons (Fsp3) is 0.833. The number of hydrogen-bond donors (Lipinski definition) is 1. The van der Waals surface area contributed by atoms with E-state index in [-0.39, 0.29) is 6.03 Å². The molecule has 2 amide bonds. The molecular weight excluding hydrogens is 268 g/mol. The van der Waals surface area contributed by atoms with E-state index in [1.165, 1.54) is 4.90 Å². The normalized spacial score (nSPS) is 26.0. The van der Waals surface area contributed by atoms with Crippen molar-refractivity contribution in [3.05, 3.63) is 0 Å². The molecule has 19 heavy (non-hydrogen) atoms. The third-order valence-corrected chi connectivity index (χ3v) is 5.01. The third kappa shape index (κ3) is 3.46. The van der Waals surface area contributed by atoms with Gasteiger partial charge in [-0.2, -0.15) is 0 Å². The van der Waals surface area contributed by atoms with Crippen molar-refractivity contribution in [1.82, 2.24) is 9.80 Å². The number of urea groups is 1. The number of rotatable bonds is 1. The maximum atomic E-state index is 12.4. The van der Waals surface area contributed by atoms with Gasteiger partial charge in [-0.3, -0.25) is 4.21 Å². The SMILES string of the molecule is O=C(O)C1CCCCCN1C(=O)N1CCS(=O)CC1. The van der Waals surface area contributed by atoms with Gasteiger partial charge in [0.1, 0.15) is 6.04 Å². The summed E-state index contributed by atoms with van der Waals surface area (Å²) in [6.45, 7) is 1.44. The Kier molecular flexibility index (Phi) is 4.79. The second kappa shape index (κ2) is 6.36. The maximum Gasteiger partial charge on any atom is 0.326 e. The number of carbonyl (C=O) groups excluding carboxylic acids is 1. The summed E-state index contributed by atoms with van der Waals surface area (Å²) in [5.74, 6) is 0.0742. The lowest BCUT2D eigenvalue weighted by Gasteiger charge is -2.34. The smallest absolute Gasteiger partial charge is 0.326 e. The lowest BCUT2D eigenvalue weighted by atomic mass is 10.1. The molecular formula is C12H20N2O4S. The molecule has 1 atom stereocenters. The molecule has 0 aromatic carbocycles. The van der Waals surface area contributed by atoms with Crippen molar-refractivity contribution in [1.29, 1.82) is 0 Å². The van der Waals surface area contributed by atoms with Crippen LogP contribution in [0.1, 0.15) is 25.7 Å². The second-order valence-electron chi connectivity index (χ2n) is 5.01. The fourth-order valence-electron chi connectivity index (χ4n) is 2.60. The Morgan fingerprint density at radius 1 is 1.05 bits per heavy atom. The summed E-state index contributed by atoms with van der Waals surface area (Å²) < 4.78 is 11.3. The molecule has 0 aromatic rings. The Bertz CT molecular complexity index is 378. The summed E-state index contributed by atoms with van der Waals surface area (Å²) in [5, 5.41) is 9.26. The van der Waals surface area contributed by atoms with Crippen LogP contribution in [0.2, 0.25) is 0 Å². The number of aliphatic carboxylic acids is 1. The minimum Gasteiger partial charge on any atom is -0.480 e. The molecule has 1 unspecified atom stereocenters. The molecule has 0 spiro atoms. The molecule has 7 heteroatoms. The zero-order chi connectivity index (χ0) is 13.8. The van der Waals surface area contributed by atoms with Crippen LogP contribution in [-0.2, 0) is 15.6 Å². The van der Waals surface area contributed by atoms with Gasteiger partial charge in [-0.05, 0) is 12.8 Å². The molecule has 0 radical (unpaired) electrons. The maximum absolute atomic E-state index is 12.4. The molecule has 2 fully saturated rings. The van der Waals surface area contributed by atoms with Gasteiger partial charge < -0.3 is 14.9 Å². The molecule has 2 saturated heterocycles. The summed E-state index contributed by atoms with van der Waals surface area (Å²) in [6.07, 6.45) is 3.21. The predicted molar refractivity (Wildman–Crippen MR) is 71.4 cm³/mol. The molecule has 0 aliphatic carbocycles. The Hall–Kier alpha value is -1.11. The molecule has 0 bridgehead atoms. The van der Waals surface area contributed by atoms with Gasteiger partial charge in [-0.15, -0.1) is 0 Å². The van der Waals surface area contributed by atoms with Crippen LogP contribution in [0.25, 0.3) is 0 Å². The average Bonchev–Trinajstić information content (AvgIpc) is 2.64. The van der Waals surface area contributed by atoms with Crippen LogP contribution in [0.3, 0.4) is 0 Å². The minimum atomic E-state index is -0.921. The first-order valence-corrected chi connectivity index (χ1v) is 8.21. The quantitative estimate of drug-likeness (QED) is 0.762.